The first-order valence-corrected chi connectivity index (χ1v) is 7.38. The van der Waals surface area contributed by atoms with E-state index in [0.29, 0.717) is 0 Å². The van der Waals surface area contributed by atoms with Crippen LogP contribution in [0.15, 0.2) is 54.6 Å². The SMILES string of the molecule is Cc1ccccc1CN(CC1CNC1)c1ccccc1. The Morgan fingerprint density at radius 3 is 2.35 bits per heavy atom. The molecule has 104 valence electrons. The molecule has 1 aliphatic heterocycles. The van der Waals surface area contributed by atoms with E-state index in [1.54, 1.807) is 0 Å². The van der Waals surface area contributed by atoms with Crippen molar-refractivity contribution < 1.29 is 0 Å². The number of aryl methyl sites for hydroxylation is 1. The highest BCUT2D eigenvalue weighted by Crippen LogP contribution is 2.21. The number of nitrogens with one attached hydrogen (secondary N) is 1. The van der Waals surface area contributed by atoms with Gasteiger partial charge in [-0.3, -0.25) is 0 Å². The molecule has 1 fully saturated rings. The van der Waals surface area contributed by atoms with Crippen molar-refractivity contribution in [2.45, 2.75) is 13.5 Å². The third-order valence-electron chi connectivity index (χ3n) is 4.09. The summed E-state index contributed by atoms with van der Waals surface area (Å²) < 4.78 is 0. The third kappa shape index (κ3) is 3.02. The summed E-state index contributed by atoms with van der Waals surface area (Å²) in [6.45, 7) is 6.62. The van der Waals surface area contributed by atoms with Gasteiger partial charge < -0.3 is 10.2 Å². The number of para-hydroxylation sites is 1. The second kappa shape index (κ2) is 6.10. The zero-order valence-electron chi connectivity index (χ0n) is 12.0. The molecule has 0 aromatic heterocycles. The van der Waals surface area contributed by atoms with Crippen LogP contribution in [0.25, 0.3) is 0 Å². The average molecular weight is 266 g/mol. The predicted molar refractivity (Wildman–Crippen MR) is 85.0 cm³/mol. The summed E-state index contributed by atoms with van der Waals surface area (Å²) in [5, 5.41) is 3.37. The molecule has 1 N–H and O–H groups in total. The van der Waals surface area contributed by atoms with Gasteiger partial charge in [0.1, 0.15) is 0 Å². The summed E-state index contributed by atoms with van der Waals surface area (Å²) in [5.74, 6) is 0.777. The van der Waals surface area contributed by atoms with E-state index in [1.807, 2.05) is 0 Å². The molecule has 3 rings (SSSR count). The maximum Gasteiger partial charge on any atom is 0.0432 e. The highest BCUT2D eigenvalue weighted by molar-refractivity contribution is 5.47. The molecule has 0 bridgehead atoms. The highest BCUT2D eigenvalue weighted by atomic mass is 15.1. The molecule has 0 radical (unpaired) electrons. The number of benzene rings is 2. The zero-order chi connectivity index (χ0) is 13.8. The lowest BCUT2D eigenvalue weighted by atomic mass is 10.0. The molecule has 0 unspecified atom stereocenters. The van der Waals surface area contributed by atoms with Crippen LogP contribution in [0.2, 0.25) is 0 Å². The fourth-order valence-electron chi connectivity index (χ4n) is 2.68. The van der Waals surface area contributed by atoms with Gasteiger partial charge in [0.05, 0.1) is 0 Å². The molecule has 0 spiro atoms. The Bertz CT molecular complexity index is 546. The highest BCUT2D eigenvalue weighted by Gasteiger charge is 2.20. The molecule has 0 aliphatic carbocycles. The van der Waals surface area contributed by atoms with Crippen LogP contribution in [0.1, 0.15) is 11.1 Å². The van der Waals surface area contributed by atoms with Crippen molar-refractivity contribution >= 4 is 5.69 Å². The first kappa shape index (κ1) is 13.2. The Morgan fingerprint density at radius 2 is 1.70 bits per heavy atom. The maximum absolute atomic E-state index is 3.37. The Morgan fingerprint density at radius 1 is 1.00 bits per heavy atom. The van der Waals surface area contributed by atoms with Gasteiger partial charge in [0.25, 0.3) is 0 Å². The standard InChI is InChI=1S/C18H22N2/c1-15-7-5-6-8-17(15)14-20(13-16-11-19-12-16)18-9-3-2-4-10-18/h2-10,16,19H,11-14H2,1H3. The second-order valence-corrected chi connectivity index (χ2v) is 5.67. The van der Waals surface area contributed by atoms with Crippen LogP contribution < -0.4 is 10.2 Å². The Labute approximate surface area is 121 Å². The number of hydrogen-bond donors (Lipinski definition) is 1. The van der Waals surface area contributed by atoms with E-state index in [9.17, 15) is 0 Å². The molecule has 1 heterocycles. The van der Waals surface area contributed by atoms with Gasteiger partial charge in [-0.1, -0.05) is 42.5 Å². The fourth-order valence-corrected chi connectivity index (χ4v) is 2.68. The molecule has 1 aliphatic rings. The molecule has 1 saturated heterocycles. The molecule has 0 amide bonds. The van der Waals surface area contributed by atoms with Crippen molar-refractivity contribution in [3.8, 4) is 0 Å². The van der Waals surface area contributed by atoms with E-state index in [0.717, 1.165) is 32.1 Å². The zero-order valence-corrected chi connectivity index (χ0v) is 12.0. The lowest BCUT2D eigenvalue weighted by Crippen LogP contribution is -2.48. The molecule has 2 heteroatoms. The van der Waals surface area contributed by atoms with Gasteiger partial charge in [-0.25, -0.2) is 0 Å². The third-order valence-corrected chi connectivity index (χ3v) is 4.09. The fraction of sp³-hybridized carbons (Fsp3) is 0.333. The van der Waals surface area contributed by atoms with Crippen LogP contribution in [0.3, 0.4) is 0 Å². The van der Waals surface area contributed by atoms with Crippen molar-refractivity contribution in [1.82, 2.24) is 5.32 Å². The van der Waals surface area contributed by atoms with Crippen molar-refractivity contribution in [3.05, 3.63) is 65.7 Å². The summed E-state index contributed by atoms with van der Waals surface area (Å²) in [6, 6.07) is 19.4. The van der Waals surface area contributed by atoms with E-state index in [1.165, 1.54) is 16.8 Å². The smallest absolute Gasteiger partial charge is 0.0432 e. The molecule has 2 aromatic carbocycles. The molecule has 2 nitrogen and oxygen atoms in total. The van der Waals surface area contributed by atoms with E-state index in [4.69, 9.17) is 0 Å². The van der Waals surface area contributed by atoms with Crippen LogP contribution >= 0.6 is 0 Å². The van der Waals surface area contributed by atoms with Crippen molar-refractivity contribution in [3.63, 3.8) is 0 Å². The van der Waals surface area contributed by atoms with Crippen LogP contribution in [0.4, 0.5) is 5.69 Å². The van der Waals surface area contributed by atoms with Crippen molar-refractivity contribution in [1.29, 1.82) is 0 Å². The Balaban J connectivity index is 1.80. The summed E-state index contributed by atoms with van der Waals surface area (Å²) in [4.78, 5) is 2.51. The number of nitrogens with zero attached hydrogens (tertiary/aromatic N) is 1. The monoisotopic (exact) mass is 266 g/mol. The molecular formula is C18H22N2. The topological polar surface area (TPSA) is 15.3 Å². The van der Waals surface area contributed by atoms with E-state index in [-0.39, 0.29) is 0 Å². The Hall–Kier alpha value is -1.80. The number of anilines is 1. The van der Waals surface area contributed by atoms with Crippen LogP contribution in [-0.4, -0.2) is 19.6 Å². The summed E-state index contributed by atoms with van der Waals surface area (Å²) in [5.41, 5.74) is 4.12. The molecule has 2 aromatic rings. The quantitative estimate of drug-likeness (QED) is 0.894. The van der Waals surface area contributed by atoms with E-state index >= 15 is 0 Å². The van der Waals surface area contributed by atoms with E-state index in [2.05, 4.69) is 71.7 Å². The van der Waals surface area contributed by atoms with Crippen LogP contribution in [-0.2, 0) is 6.54 Å². The van der Waals surface area contributed by atoms with Gasteiger partial charge in [-0.05, 0) is 30.2 Å². The minimum Gasteiger partial charge on any atom is -0.367 e. The van der Waals surface area contributed by atoms with Gasteiger partial charge in [0.2, 0.25) is 0 Å². The van der Waals surface area contributed by atoms with Gasteiger partial charge >= 0.3 is 0 Å². The summed E-state index contributed by atoms with van der Waals surface area (Å²) >= 11 is 0. The minimum atomic E-state index is 0.777. The summed E-state index contributed by atoms with van der Waals surface area (Å²) in [6.07, 6.45) is 0. The first-order chi connectivity index (χ1) is 9.83. The molecular weight excluding hydrogens is 244 g/mol. The van der Waals surface area contributed by atoms with Crippen LogP contribution in [0, 0.1) is 12.8 Å². The first-order valence-electron chi connectivity index (χ1n) is 7.38. The number of hydrogen-bond acceptors (Lipinski definition) is 2. The summed E-state index contributed by atoms with van der Waals surface area (Å²) in [7, 11) is 0. The van der Waals surface area contributed by atoms with Crippen molar-refractivity contribution in [2.24, 2.45) is 5.92 Å². The van der Waals surface area contributed by atoms with Gasteiger partial charge in [0.15, 0.2) is 0 Å². The normalized spacial score (nSPS) is 14.8. The Kier molecular flexibility index (Phi) is 4.03. The maximum atomic E-state index is 3.37. The number of rotatable bonds is 5. The average Bonchev–Trinajstić information content (AvgIpc) is 2.44. The van der Waals surface area contributed by atoms with E-state index < -0.39 is 0 Å². The van der Waals surface area contributed by atoms with Gasteiger partial charge in [0, 0.05) is 37.8 Å². The lowest BCUT2D eigenvalue weighted by Gasteiger charge is -2.35. The van der Waals surface area contributed by atoms with Gasteiger partial charge in [-0.2, -0.15) is 0 Å². The lowest BCUT2D eigenvalue weighted by molar-refractivity contribution is 0.348. The molecule has 0 atom stereocenters. The predicted octanol–water partition coefficient (Wildman–Crippen LogP) is 3.22. The van der Waals surface area contributed by atoms with Crippen LogP contribution in [0.5, 0.6) is 0 Å². The minimum absolute atomic E-state index is 0.777. The van der Waals surface area contributed by atoms with Gasteiger partial charge in [-0.15, -0.1) is 0 Å². The second-order valence-electron chi connectivity index (χ2n) is 5.67. The molecule has 0 saturated carbocycles. The largest absolute Gasteiger partial charge is 0.367 e. The van der Waals surface area contributed by atoms with Crippen molar-refractivity contribution in [2.75, 3.05) is 24.5 Å². The molecule has 20 heavy (non-hydrogen) atoms.